The van der Waals surface area contributed by atoms with Crippen LogP contribution in [0.1, 0.15) is 48.8 Å². The predicted octanol–water partition coefficient (Wildman–Crippen LogP) is 5.98. The van der Waals surface area contributed by atoms with Gasteiger partial charge in [0.25, 0.3) is 0 Å². The molecule has 9 heteroatoms. The Morgan fingerprint density at radius 1 is 0.857 bits per heavy atom. The highest BCUT2D eigenvalue weighted by molar-refractivity contribution is 5.86. The number of nitrogens with one attached hydrogen (secondary N) is 3. The fourth-order valence-corrected chi connectivity index (χ4v) is 5.60. The second-order valence-corrected chi connectivity index (χ2v) is 12.1. The number of rotatable bonds is 21. The van der Waals surface area contributed by atoms with E-state index >= 15 is 0 Å². The van der Waals surface area contributed by atoms with Gasteiger partial charge in [0.2, 0.25) is 11.8 Å². The number of hydrogen-bond acceptors (Lipinski definition) is 6. The standard InChI is InChI=1S/C40H47N3O6/c1-3-5-7-17-39(46)49-28-34(23-32-25-41-37-16-11-10-15-36(32)37)43-40(47)31(12-4-2)24-38(45)42-33(26-44)22-29-18-20-35(21-19-29)48-27-30-13-8-6-9-14-30/h3-4,6,8-11,13-16,18-21,25,31,33-34,41,44H,1-2,5,7,12,17,22-24,26-28H2,(H,42,45)(H,43,47)/t31-,33+,34+/m1/s1. The topological polar surface area (TPSA) is 130 Å². The van der Waals surface area contributed by atoms with Crippen LogP contribution in [0.15, 0.2) is 110 Å². The van der Waals surface area contributed by atoms with Gasteiger partial charge in [0, 0.05) is 29.9 Å². The van der Waals surface area contributed by atoms with Crippen molar-refractivity contribution in [2.75, 3.05) is 13.2 Å². The van der Waals surface area contributed by atoms with E-state index < -0.39 is 18.0 Å². The Morgan fingerprint density at radius 2 is 1.61 bits per heavy atom. The summed E-state index contributed by atoms with van der Waals surface area (Å²) in [6.07, 6.45) is 7.88. The number of carbonyl (C=O) groups is 3. The molecule has 258 valence electrons. The van der Waals surface area contributed by atoms with Crippen LogP contribution < -0.4 is 15.4 Å². The molecule has 0 radical (unpaired) electrons. The molecule has 0 aliphatic heterocycles. The van der Waals surface area contributed by atoms with E-state index in [-0.39, 0.29) is 50.3 Å². The summed E-state index contributed by atoms with van der Waals surface area (Å²) < 4.78 is 11.4. The molecule has 49 heavy (non-hydrogen) atoms. The summed E-state index contributed by atoms with van der Waals surface area (Å²) in [5, 5.41) is 17.0. The largest absolute Gasteiger partial charge is 0.489 e. The fraction of sp³-hybridized carbons (Fsp3) is 0.325. The van der Waals surface area contributed by atoms with E-state index in [1.165, 1.54) is 0 Å². The third-order valence-electron chi connectivity index (χ3n) is 8.22. The van der Waals surface area contributed by atoms with Gasteiger partial charge in [-0.15, -0.1) is 13.2 Å². The van der Waals surface area contributed by atoms with Crippen molar-refractivity contribution in [2.24, 2.45) is 5.92 Å². The summed E-state index contributed by atoms with van der Waals surface area (Å²) in [4.78, 5) is 42.4. The molecule has 1 heterocycles. The summed E-state index contributed by atoms with van der Waals surface area (Å²) in [7, 11) is 0. The molecule has 1 aromatic heterocycles. The maximum atomic E-state index is 13.6. The van der Waals surface area contributed by atoms with Gasteiger partial charge in [-0.25, -0.2) is 0 Å². The molecule has 4 N–H and O–H groups in total. The van der Waals surface area contributed by atoms with Crippen LogP contribution in [-0.4, -0.2) is 53.2 Å². The van der Waals surface area contributed by atoms with Gasteiger partial charge >= 0.3 is 5.97 Å². The van der Waals surface area contributed by atoms with Crippen LogP contribution in [0.3, 0.4) is 0 Å². The second-order valence-electron chi connectivity index (χ2n) is 12.1. The monoisotopic (exact) mass is 665 g/mol. The van der Waals surface area contributed by atoms with Crippen molar-refractivity contribution in [1.82, 2.24) is 15.6 Å². The molecule has 0 saturated heterocycles. The molecule has 3 aromatic carbocycles. The van der Waals surface area contributed by atoms with Gasteiger partial charge in [-0.3, -0.25) is 14.4 Å². The Kier molecular flexibility index (Phi) is 14.7. The van der Waals surface area contributed by atoms with Crippen LogP contribution in [0.2, 0.25) is 0 Å². The Hall–Kier alpha value is -5.15. The van der Waals surface area contributed by atoms with Crippen molar-refractivity contribution in [3.05, 3.63) is 127 Å². The molecule has 0 saturated carbocycles. The summed E-state index contributed by atoms with van der Waals surface area (Å²) >= 11 is 0. The number of unbranched alkanes of at least 4 members (excludes halogenated alkanes) is 1. The molecule has 0 spiro atoms. The Bertz CT molecular complexity index is 1650. The number of H-pyrrole nitrogens is 1. The minimum Gasteiger partial charge on any atom is -0.489 e. The van der Waals surface area contributed by atoms with Gasteiger partial charge in [0.1, 0.15) is 19.0 Å². The van der Waals surface area contributed by atoms with Crippen LogP contribution in [0.25, 0.3) is 10.9 Å². The van der Waals surface area contributed by atoms with E-state index in [1.54, 1.807) is 12.2 Å². The molecule has 4 aromatic rings. The van der Waals surface area contributed by atoms with E-state index in [0.29, 0.717) is 32.3 Å². The van der Waals surface area contributed by atoms with Crippen molar-refractivity contribution in [2.45, 2.75) is 63.6 Å². The van der Waals surface area contributed by atoms with E-state index in [1.807, 2.05) is 85.1 Å². The van der Waals surface area contributed by atoms with Crippen LogP contribution in [0, 0.1) is 5.92 Å². The molecule has 0 aliphatic rings. The lowest BCUT2D eigenvalue weighted by molar-refractivity contribution is -0.145. The van der Waals surface area contributed by atoms with Gasteiger partial charge < -0.3 is 30.2 Å². The molecule has 4 rings (SSSR count). The average Bonchev–Trinajstić information content (AvgIpc) is 3.52. The van der Waals surface area contributed by atoms with E-state index in [0.717, 1.165) is 33.3 Å². The number of esters is 1. The molecule has 0 aliphatic carbocycles. The first kappa shape index (κ1) is 36.7. The number of amides is 2. The second kappa shape index (κ2) is 19.6. The predicted molar refractivity (Wildman–Crippen MR) is 192 cm³/mol. The first-order chi connectivity index (χ1) is 23.9. The van der Waals surface area contributed by atoms with Gasteiger partial charge in [0.15, 0.2) is 0 Å². The van der Waals surface area contributed by atoms with Gasteiger partial charge in [-0.1, -0.05) is 72.8 Å². The average molecular weight is 666 g/mol. The highest BCUT2D eigenvalue weighted by Gasteiger charge is 2.26. The minimum absolute atomic E-state index is 0.00610. The number of para-hydroxylation sites is 1. The summed E-state index contributed by atoms with van der Waals surface area (Å²) in [6, 6.07) is 24.2. The van der Waals surface area contributed by atoms with Crippen molar-refractivity contribution < 1.29 is 29.0 Å². The molecular formula is C40H47N3O6. The molecule has 3 atom stereocenters. The lowest BCUT2D eigenvalue weighted by Gasteiger charge is -2.23. The summed E-state index contributed by atoms with van der Waals surface area (Å²) in [5.74, 6) is -1.01. The number of aliphatic hydroxyl groups excluding tert-OH is 1. The molecule has 0 fully saturated rings. The normalized spacial score (nSPS) is 12.8. The summed E-state index contributed by atoms with van der Waals surface area (Å²) in [6.45, 7) is 7.66. The van der Waals surface area contributed by atoms with Crippen molar-refractivity contribution in [3.8, 4) is 5.75 Å². The molecular weight excluding hydrogens is 618 g/mol. The number of allylic oxidation sites excluding steroid dienone is 2. The third-order valence-corrected chi connectivity index (χ3v) is 8.22. The number of aromatic amines is 1. The Morgan fingerprint density at radius 3 is 2.35 bits per heavy atom. The molecule has 9 nitrogen and oxygen atoms in total. The minimum atomic E-state index is -0.702. The zero-order valence-electron chi connectivity index (χ0n) is 27.9. The van der Waals surface area contributed by atoms with Crippen LogP contribution in [-0.2, 0) is 38.6 Å². The zero-order chi connectivity index (χ0) is 34.8. The number of aliphatic hydroxyl groups is 1. The smallest absolute Gasteiger partial charge is 0.305 e. The maximum absolute atomic E-state index is 13.6. The Balaban J connectivity index is 1.34. The quantitative estimate of drug-likeness (QED) is 0.0493. The molecule has 2 amide bonds. The summed E-state index contributed by atoms with van der Waals surface area (Å²) in [5.41, 5.74) is 3.94. The molecule has 0 bridgehead atoms. The van der Waals surface area contributed by atoms with Crippen LogP contribution in [0.5, 0.6) is 5.75 Å². The fourth-order valence-electron chi connectivity index (χ4n) is 5.60. The number of benzene rings is 3. The number of aromatic nitrogens is 1. The number of hydrogen-bond donors (Lipinski definition) is 4. The lowest BCUT2D eigenvalue weighted by Crippen LogP contribution is -2.45. The number of ether oxygens (including phenoxy) is 2. The van der Waals surface area contributed by atoms with Gasteiger partial charge in [-0.2, -0.15) is 0 Å². The molecule has 0 unspecified atom stereocenters. The number of fused-ring (bicyclic) bond motifs is 1. The van der Waals surface area contributed by atoms with E-state index in [4.69, 9.17) is 9.47 Å². The van der Waals surface area contributed by atoms with Gasteiger partial charge in [0.05, 0.1) is 24.6 Å². The van der Waals surface area contributed by atoms with Crippen molar-refractivity contribution in [3.63, 3.8) is 0 Å². The Labute approximate surface area is 288 Å². The van der Waals surface area contributed by atoms with Crippen LogP contribution >= 0.6 is 0 Å². The SMILES string of the molecule is C=CCCCC(=O)OC[C@H](Cc1c[nH]c2ccccc12)NC(=O)[C@H](CC=C)CC(=O)N[C@H](CO)Cc1ccc(OCc2ccccc2)cc1. The highest BCUT2D eigenvalue weighted by atomic mass is 16.5. The first-order valence-electron chi connectivity index (χ1n) is 16.8. The third kappa shape index (κ3) is 12.1. The zero-order valence-corrected chi connectivity index (χ0v) is 27.9. The van der Waals surface area contributed by atoms with Crippen LogP contribution in [0.4, 0.5) is 0 Å². The van der Waals surface area contributed by atoms with Crippen molar-refractivity contribution in [1.29, 1.82) is 0 Å². The van der Waals surface area contributed by atoms with Crippen molar-refractivity contribution >= 4 is 28.7 Å². The highest BCUT2D eigenvalue weighted by Crippen LogP contribution is 2.20. The van der Waals surface area contributed by atoms with Gasteiger partial charge in [-0.05, 0) is 67.0 Å². The number of carbonyl (C=O) groups excluding carboxylic acids is 3. The maximum Gasteiger partial charge on any atom is 0.305 e. The van der Waals surface area contributed by atoms with E-state index in [9.17, 15) is 19.5 Å². The first-order valence-corrected chi connectivity index (χ1v) is 16.8. The lowest BCUT2D eigenvalue weighted by atomic mass is 9.97. The van der Waals surface area contributed by atoms with E-state index in [2.05, 4.69) is 28.8 Å².